The zero-order valence-corrected chi connectivity index (χ0v) is 19.1. The van der Waals surface area contributed by atoms with E-state index < -0.39 is 49.5 Å². The van der Waals surface area contributed by atoms with Crippen LogP contribution >= 0.6 is 11.6 Å². The standard InChI is InChI=1S/C22H16ClF4N3O4S/c23-18-10-16(21(31)30-12-3-5-29-20(8-12)35(28,32)33)15(9-17(18)22(25,26)27)13-4-6-34-19-7-11(24)1-2-14(13)19/h1-3,5,7-10,13H,4,6H2,(H2,28,32,33)(H,29,30,31). The number of halogens is 5. The Morgan fingerprint density at radius 3 is 2.57 bits per heavy atom. The highest BCUT2D eigenvalue weighted by atomic mass is 35.5. The summed E-state index contributed by atoms with van der Waals surface area (Å²) in [6, 6.07) is 7.63. The van der Waals surface area contributed by atoms with Crippen LogP contribution in [0, 0.1) is 5.82 Å². The summed E-state index contributed by atoms with van der Waals surface area (Å²) in [4.78, 5) is 16.8. The lowest BCUT2D eigenvalue weighted by Gasteiger charge is -2.28. The van der Waals surface area contributed by atoms with E-state index in [-0.39, 0.29) is 35.6 Å². The summed E-state index contributed by atoms with van der Waals surface area (Å²) in [6.07, 6.45) is -3.49. The number of rotatable bonds is 4. The summed E-state index contributed by atoms with van der Waals surface area (Å²) in [5.41, 5.74) is -0.926. The van der Waals surface area contributed by atoms with E-state index in [1.165, 1.54) is 12.1 Å². The summed E-state index contributed by atoms with van der Waals surface area (Å²) in [7, 11) is -4.17. The number of anilines is 1. The molecule has 1 aliphatic heterocycles. The molecule has 0 spiro atoms. The van der Waals surface area contributed by atoms with Crippen LogP contribution in [-0.4, -0.2) is 25.9 Å². The first-order valence-electron chi connectivity index (χ1n) is 9.97. The van der Waals surface area contributed by atoms with Crippen molar-refractivity contribution in [3.8, 4) is 5.75 Å². The van der Waals surface area contributed by atoms with Crippen molar-refractivity contribution >= 4 is 33.2 Å². The molecule has 1 unspecified atom stereocenters. The molecule has 0 fully saturated rings. The molecule has 0 aliphatic carbocycles. The van der Waals surface area contributed by atoms with Crippen LogP contribution < -0.4 is 15.2 Å². The van der Waals surface area contributed by atoms with Crippen LogP contribution in [0.1, 0.15) is 39.4 Å². The normalized spacial score (nSPS) is 15.8. The van der Waals surface area contributed by atoms with Crippen molar-refractivity contribution in [1.29, 1.82) is 0 Å². The molecule has 1 aromatic heterocycles. The lowest BCUT2D eigenvalue weighted by Crippen LogP contribution is -2.22. The Kier molecular flexibility index (Phi) is 6.47. The number of ether oxygens (including phenoxy) is 1. The summed E-state index contributed by atoms with van der Waals surface area (Å²) in [6.45, 7) is 0.0776. The molecule has 3 aromatic rings. The van der Waals surface area contributed by atoms with Gasteiger partial charge in [-0.15, -0.1) is 0 Å². The quantitative estimate of drug-likeness (QED) is 0.476. The van der Waals surface area contributed by atoms with Gasteiger partial charge in [0, 0.05) is 41.1 Å². The largest absolute Gasteiger partial charge is 0.493 e. The maximum atomic E-state index is 13.7. The van der Waals surface area contributed by atoms with Crippen LogP contribution in [0.25, 0.3) is 0 Å². The van der Waals surface area contributed by atoms with Crippen molar-refractivity contribution < 1.29 is 35.5 Å². The molecule has 184 valence electrons. The molecular formula is C22H16ClF4N3O4S. The first-order valence-corrected chi connectivity index (χ1v) is 11.9. The van der Waals surface area contributed by atoms with Crippen molar-refractivity contribution in [3.63, 3.8) is 0 Å². The van der Waals surface area contributed by atoms with E-state index >= 15 is 0 Å². The number of primary sulfonamides is 1. The number of pyridine rings is 1. The van der Waals surface area contributed by atoms with Gasteiger partial charge in [-0.05, 0) is 36.2 Å². The molecule has 1 aliphatic rings. The Morgan fingerprint density at radius 1 is 1.14 bits per heavy atom. The predicted octanol–water partition coefficient (Wildman–Crippen LogP) is 4.71. The first-order chi connectivity index (χ1) is 16.3. The van der Waals surface area contributed by atoms with Gasteiger partial charge in [-0.25, -0.2) is 22.9 Å². The third kappa shape index (κ3) is 5.24. The van der Waals surface area contributed by atoms with E-state index in [2.05, 4.69) is 10.3 Å². The van der Waals surface area contributed by atoms with Gasteiger partial charge < -0.3 is 10.1 Å². The number of carbonyl (C=O) groups is 1. The van der Waals surface area contributed by atoms with Gasteiger partial charge in [0.15, 0.2) is 5.03 Å². The minimum Gasteiger partial charge on any atom is -0.493 e. The number of hydrogen-bond acceptors (Lipinski definition) is 5. The van der Waals surface area contributed by atoms with Crippen molar-refractivity contribution in [3.05, 3.63) is 81.8 Å². The van der Waals surface area contributed by atoms with E-state index in [1.54, 1.807) is 0 Å². The molecule has 0 bridgehead atoms. The zero-order chi connectivity index (χ0) is 25.5. The molecule has 1 amide bonds. The molecule has 0 radical (unpaired) electrons. The van der Waals surface area contributed by atoms with Crippen molar-refractivity contribution in [2.24, 2.45) is 5.14 Å². The minimum absolute atomic E-state index is 0.00360. The van der Waals surface area contributed by atoms with Gasteiger partial charge in [0.25, 0.3) is 15.9 Å². The summed E-state index contributed by atoms with van der Waals surface area (Å²) < 4.78 is 83.2. The minimum atomic E-state index is -4.80. The number of fused-ring (bicyclic) bond motifs is 1. The van der Waals surface area contributed by atoms with Crippen LogP contribution in [-0.2, 0) is 16.2 Å². The smallest absolute Gasteiger partial charge is 0.417 e. The number of nitrogens with zero attached hydrogens (tertiary/aromatic N) is 1. The van der Waals surface area contributed by atoms with E-state index in [9.17, 15) is 30.8 Å². The van der Waals surface area contributed by atoms with Gasteiger partial charge in [0.05, 0.1) is 17.2 Å². The molecule has 4 rings (SSSR count). The topological polar surface area (TPSA) is 111 Å². The number of amides is 1. The maximum absolute atomic E-state index is 13.7. The molecule has 13 heteroatoms. The Balaban J connectivity index is 1.82. The van der Waals surface area contributed by atoms with Gasteiger partial charge in [-0.3, -0.25) is 4.79 Å². The van der Waals surface area contributed by atoms with Gasteiger partial charge >= 0.3 is 6.18 Å². The number of aromatic nitrogens is 1. The van der Waals surface area contributed by atoms with Crippen molar-refractivity contribution in [2.75, 3.05) is 11.9 Å². The predicted molar refractivity (Wildman–Crippen MR) is 118 cm³/mol. The highest BCUT2D eigenvalue weighted by Crippen LogP contribution is 2.44. The Hall–Kier alpha value is -3.22. The maximum Gasteiger partial charge on any atom is 0.417 e. The lowest BCUT2D eigenvalue weighted by atomic mass is 9.83. The summed E-state index contributed by atoms with van der Waals surface area (Å²) in [5.74, 6) is -2.02. The Bertz CT molecular complexity index is 1430. The number of benzene rings is 2. The molecule has 0 saturated carbocycles. The van der Waals surface area contributed by atoms with Crippen LogP contribution in [0.5, 0.6) is 5.75 Å². The number of nitrogens with two attached hydrogens (primary N) is 1. The molecule has 35 heavy (non-hydrogen) atoms. The molecule has 0 saturated heterocycles. The highest BCUT2D eigenvalue weighted by Gasteiger charge is 2.37. The fraction of sp³-hybridized carbons (Fsp3) is 0.182. The van der Waals surface area contributed by atoms with E-state index in [0.717, 1.165) is 36.5 Å². The molecule has 3 N–H and O–H groups in total. The van der Waals surface area contributed by atoms with Crippen molar-refractivity contribution in [2.45, 2.75) is 23.5 Å². The highest BCUT2D eigenvalue weighted by molar-refractivity contribution is 7.89. The fourth-order valence-corrected chi connectivity index (χ4v) is 4.59. The third-order valence-electron chi connectivity index (χ3n) is 5.36. The van der Waals surface area contributed by atoms with E-state index in [1.807, 2.05) is 0 Å². The monoisotopic (exact) mass is 529 g/mol. The van der Waals surface area contributed by atoms with E-state index in [4.69, 9.17) is 21.5 Å². The average molecular weight is 530 g/mol. The zero-order valence-electron chi connectivity index (χ0n) is 17.6. The lowest BCUT2D eigenvalue weighted by molar-refractivity contribution is -0.137. The summed E-state index contributed by atoms with van der Waals surface area (Å²) in [5, 5.41) is 6.29. The van der Waals surface area contributed by atoms with Crippen molar-refractivity contribution in [1.82, 2.24) is 4.98 Å². The van der Waals surface area contributed by atoms with Gasteiger partial charge in [-0.1, -0.05) is 17.7 Å². The van der Waals surface area contributed by atoms with Gasteiger partial charge in [-0.2, -0.15) is 13.2 Å². The second-order valence-corrected chi connectivity index (χ2v) is 9.59. The van der Waals surface area contributed by atoms with Gasteiger partial charge in [0.2, 0.25) is 0 Å². The molecule has 7 nitrogen and oxygen atoms in total. The Labute approximate surface area is 201 Å². The van der Waals surface area contributed by atoms with Gasteiger partial charge in [0.1, 0.15) is 11.6 Å². The second-order valence-electron chi connectivity index (χ2n) is 7.67. The number of hydrogen-bond donors (Lipinski definition) is 2. The molecule has 1 atom stereocenters. The third-order valence-corrected chi connectivity index (χ3v) is 6.48. The van der Waals surface area contributed by atoms with Crippen LogP contribution in [0.4, 0.5) is 23.2 Å². The number of carbonyl (C=O) groups excluding carboxylic acids is 1. The van der Waals surface area contributed by atoms with Crippen LogP contribution in [0.15, 0.2) is 53.7 Å². The second kappa shape index (κ2) is 9.10. The number of nitrogens with one attached hydrogen (secondary N) is 1. The van der Waals surface area contributed by atoms with Crippen LogP contribution in [0.3, 0.4) is 0 Å². The number of alkyl halides is 3. The van der Waals surface area contributed by atoms with Crippen LogP contribution in [0.2, 0.25) is 5.02 Å². The first kappa shape index (κ1) is 24.9. The molecular weight excluding hydrogens is 514 g/mol. The SMILES string of the molecule is NS(=O)(=O)c1cc(NC(=O)c2cc(Cl)c(C(F)(F)F)cc2C2CCOc3cc(F)ccc32)ccn1. The fourth-order valence-electron chi connectivity index (χ4n) is 3.82. The van der Waals surface area contributed by atoms with E-state index in [0.29, 0.717) is 5.56 Å². The summed E-state index contributed by atoms with van der Waals surface area (Å²) >= 11 is 5.90. The Morgan fingerprint density at radius 2 is 1.89 bits per heavy atom. The molecule has 2 heterocycles. The number of sulfonamides is 1. The average Bonchev–Trinajstić information content (AvgIpc) is 2.77. The molecule has 2 aromatic carbocycles.